The van der Waals surface area contributed by atoms with Crippen LogP contribution < -0.4 is 4.72 Å². The van der Waals surface area contributed by atoms with Gasteiger partial charge in [0.25, 0.3) is 0 Å². The Hall–Kier alpha value is -0.630. The van der Waals surface area contributed by atoms with Gasteiger partial charge in [-0.1, -0.05) is 25.4 Å². The van der Waals surface area contributed by atoms with Gasteiger partial charge >= 0.3 is 0 Å². The van der Waals surface area contributed by atoms with Gasteiger partial charge in [-0.2, -0.15) is 5.10 Å². The fourth-order valence-electron chi connectivity index (χ4n) is 2.19. The van der Waals surface area contributed by atoms with Crippen LogP contribution in [0.1, 0.15) is 26.5 Å². The second kappa shape index (κ2) is 6.89. The second-order valence-electron chi connectivity index (χ2n) is 4.75. The minimum Gasteiger partial charge on any atom is -0.300 e. The minimum absolute atomic E-state index is 0.0633. The third-order valence-electron chi connectivity index (χ3n) is 3.37. The highest BCUT2D eigenvalue weighted by Gasteiger charge is 2.25. The zero-order valence-corrected chi connectivity index (χ0v) is 14.2. The molecule has 0 spiro atoms. The molecule has 0 saturated heterocycles. The molecule has 1 aromatic heterocycles. The van der Waals surface area contributed by atoms with E-state index in [0.29, 0.717) is 12.2 Å². The van der Waals surface area contributed by atoms with Crippen LogP contribution >= 0.6 is 11.6 Å². The highest BCUT2D eigenvalue weighted by Crippen LogP contribution is 2.23. The molecule has 1 N–H and O–H groups in total. The number of sulfonamides is 1. The van der Waals surface area contributed by atoms with E-state index < -0.39 is 10.0 Å². The molecule has 1 atom stereocenters. The first-order valence-electron chi connectivity index (χ1n) is 6.67. The van der Waals surface area contributed by atoms with Crippen LogP contribution in [0.3, 0.4) is 0 Å². The Kier molecular flexibility index (Phi) is 6.00. The summed E-state index contributed by atoms with van der Waals surface area (Å²) in [6, 6.07) is 0.121. The van der Waals surface area contributed by atoms with Crippen molar-refractivity contribution in [1.82, 2.24) is 19.4 Å². The van der Waals surface area contributed by atoms with Crippen molar-refractivity contribution in [3.8, 4) is 0 Å². The Bertz CT molecular complexity index is 552. The maximum Gasteiger partial charge on any atom is 0.245 e. The molecule has 0 saturated carbocycles. The third kappa shape index (κ3) is 3.72. The van der Waals surface area contributed by atoms with Crippen molar-refractivity contribution in [3.63, 3.8) is 0 Å². The Labute approximate surface area is 126 Å². The highest BCUT2D eigenvalue weighted by atomic mass is 35.5. The third-order valence-corrected chi connectivity index (χ3v) is 5.49. The van der Waals surface area contributed by atoms with Gasteiger partial charge in [-0.3, -0.25) is 9.58 Å². The number of rotatable bonds is 7. The molecule has 20 heavy (non-hydrogen) atoms. The number of likely N-dealkylation sites (N-methyl/N-ethyl adjacent to an activating group) is 1. The summed E-state index contributed by atoms with van der Waals surface area (Å²) in [6.45, 7) is 9.83. The van der Waals surface area contributed by atoms with Crippen LogP contribution in [0.4, 0.5) is 0 Å². The molecule has 0 radical (unpaired) electrons. The molecule has 1 rings (SSSR count). The average Bonchev–Trinajstić information content (AvgIpc) is 2.63. The molecule has 6 nitrogen and oxygen atoms in total. The van der Waals surface area contributed by atoms with Crippen molar-refractivity contribution in [2.75, 3.05) is 19.6 Å². The van der Waals surface area contributed by atoms with Crippen molar-refractivity contribution in [1.29, 1.82) is 0 Å². The van der Waals surface area contributed by atoms with Crippen molar-refractivity contribution in [2.24, 2.45) is 7.05 Å². The lowest BCUT2D eigenvalue weighted by Crippen LogP contribution is -2.42. The lowest BCUT2D eigenvalue weighted by Gasteiger charge is -2.26. The number of nitrogens with one attached hydrogen (secondary N) is 1. The summed E-state index contributed by atoms with van der Waals surface area (Å²) in [5, 5.41) is 4.16. The zero-order chi connectivity index (χ0) is 15.5. The standard InChI is InChI=1S/C12H23ClN4O2S/c1-6-17(7-2)9(3)8-14-20(18,19)11-10(4)15-16(5)12(11)13/h9,14H,6-8H2,1-5H3. The summed E-state index contributed by atoms with van der Waals surface area (Å²) in [5.41, 5.74) is 0.403. The van der Waals surface area contributed by atoms with Gasteiger partial charge in [0.05, 0.1) is 5.69 Å². The van der Waals surface area contributed by atoms with Crippen molar-refractivity contribution < 1.29 is 8.42 Å². The van der Waals surface area contributed by atoms with Crippen molar-refractivity contribution in [3.05, 3.63) is 10.8 Å². The lowest BCUT2D eigenvalue weighted by atomic mass is 10.3. The van der Waals surface area contributed by atoms with E-state index in [-0.39, 0.29) is 16.1 Å². The van der Waals surface area contributed by atoms with Crippen LogP contribution in [-0.2, 0) is 17.1 Å². The van der Waals surface area contributed by atoms with Crippen LogP contribution in [0.5, 0.6) is 0 Å². The fourth-order valence-corrected chi connectivity index (χ4v) is 4.06. The molecular weight excluding hydrogens is 300 g/mol. The molecule has 1 aromatic rings. The summed E-state index contributed by atoms with van der Waals surface area (Å²) in [6.07, 6.45) is 0. The number of hydrogen-bond donors (Lipinski definition) is 1. The quantitative estimate of drug-likeness (QED) is 0.824. The largest absolute Gasteiger partial charge is 0.300 e. The Morgan fingerprint density at radius 3 is 2.35 bits per heavy atom. The SMILES string of the molecule is CCN(CC)C(C)CNS(=O)(=O)c1c(C)nn(C)c1Cl. The van der Waals surface area contributed by atoms with Gasteiger partial charge in [0.15, 0.2) is 0 Å². The summed E-state index contributed by atoms with van der Waals surface area (Å²) in [5.74, 6) is 0. The van der Waals surface area contributed by atoms with Crippen molar-refractivity contribution >= 4 is 21.6 Å². The Morgan fingerprint density at radius 2 is 1.95 bits per heavy atom. The summed E-state index contributed by atoms with van der Waals surface area (Å²) in [7, 11) is -2.02. The van der Waals surface area contributed by atoms with Gasteiger partial charge in [0.2, 0.25) is 10.0 Å². The number of halogens is 1. The molecule has 1 unspecified atom stereocenters. The molecule has 0 amide bonds. The molecule has 8 heteroatoms. The molecule has 1 heterocycles. The van der Waals surface area contributed by atoms with E-state index in [9.17, 15) is 8.42 Å². The van der Waals surface area contributed by atoms with Gasteiger partial charge in [0.1, 0.15) is 10.0 Å². The van der Waals surface area contributed by atoms with E-state index in [1.165, 1.54) is 4.68 Å². The van der Waals surface area contributed by atoms with Gasteiger partial charge in [-0.05, 0) is 26.9 Å². The second-order valence-corrected chi connectivity index (χ2v) is 6.81. The average molecular weight is 323 g/mol. The van der Waals surface area contributed by atoms with Crippen LogP contribution in [0.25, 0.3) is 0 Å². The summed E-state index contributed by atoms with van der Waals surface area (Å²) < 4.78 is 28.6. The van der Waals surface area contributed by atoms with Crippen LogP contribution in [0.2, 0.25) is 5.15 Å². The molecule has 0 aromatic carbocycles. The first kappa shape index (κ1) is 17.4. The molecular formula is C12H23ClN4O2S. The van der Waals surface area contributed by atoms with Gasteiger partial charge in [-0.15, -0.1) is 0 Å². The lowest BCUT2D eigenvalue weighted by molar-refractivity contribution is 0.232. The monoisotopic (exact) mass is 322 g/mol. The van der Waals surface area contributed by atoms with E-state index in [0.717, 1.165) is 13.1 Å². The van der Waals surface area contributed by atoms with Crippen LogP contribution in [0.15, 0.2) is 4.90 Å². The Balaban J connectivity index is 2.86. The molecule has 0 aliphatic rings. The molecule has 0 bridgehead atoms. The smallest absolute Gasteiger partial charge is 0.245 e. The number of hydrogen-bond acceptors (Lipinski definition) is 4. The summed E-state index contributed by atoms with van der Waals surface area (Å²) in [4.78, 5) is 2.24. The highest BCUT2D eigenvalue weighted by molar-refractivity contribution is 7.89. The van der Waals surface area contributed by atoms with E-state index in [1.807, 2.05) is 6.92 Å². The molecule has 116 valence electrons. The van der Waals surface area contributed by atoms with E-state index in [4.69, 9.17) is 11.6 Å². The van der Waals surface area contributed by atoms with Gasteiger partial charge < -0.3 is 0 Å². The topological polar surface area (TPSA) is 67.2 Å². The molecule has 0 aliphatic heterocycles. The fraction of sp³-hybridized carbons (Fsp3) is 0.750. The number of nitrogens with zero attached hydrogens (tertiary/aromatic N) is 3. The first-order chi connectivity index (χ1) is 9.24. The van der Waals surface area contributed by atoms with E-state index >= 15 is 0 Å². The number of aromatic nitrogens is 2. The maximum absolute atomic E-state index is 12.3. The zero-order valence-electron chi connectivity index (χ0n) is 12.6. The maximum atomic E-state index is 12.3. The predicted octanol–water partition coefficient (Wildman–Crippen LogP) is 1.39. The van der Waals surface area contributed by atoms with Crippen LogP contribution in [-0.4, -0.2) is 48.8 Å². The number of aryl methyl sites for hydroxylation is 2. The van der Waals surface area contributed by atoms with E-state index in [1.54, 1.807) is 14.0 Å². The first-order valence-corrected chi connectivity index (χ1v) is 8.53. The minimum atomic E-state index is -3.64. The Morgan fingerprint density at radius 1 is 1.40 bits per heavy atom. The normalized spacial score (nSPS) is 13.9. The van der Waals surface area contributed by atoms with Crippen LogP contribution in [0, 0.1) is 6.92 Å². The summed E-state index contributed by atoms with van der Waals surface area (Å²) >= 11 is 6.00. The molecule has 0 fully saturated rings. The molecule has 0 aliphatic carbocycles. The van der Waals surface area contributed by atoms with Gasteiger partial charge in [-0.25, -0.2) is 13.1 Å². The van der Waals surface area contributed by atoms with E-state index in [2.05, 4.69) is 28.6 Å². The van der Waals surface area contributed by atoms with Gasteiger partial charge in [0, 0.05) is 19.6 Å². The van der Waals surface area contributed by atoms with Crippen molar-refractivity contribution in [2.45, 2.75) is 38.6 Å². The predicted molar refractivity (Wildman–Crippen MR) is 80.5 cm³/mol.